The molecule has 0 spiro atoms. The van der Waals surface area contributed by atoms with Crippen LogP contribution >= 0.6 is 0 Å². The molecule has 0 bridgehead atoms. The average Bonchev–Trinajstić information content (AvgIpc) is 2.35. The molecular formula is C14H23NO6. The van der Waals surface area contributed by atoms with E-state index in [-0.39, 0.29) is 12.0 Å². The molecule has 0 saturated carbocycles. The first-order valence-corrected chi connectivity index (χ1v) is 7.03. The Morgan fingerprint density at radius 3 is 2.00 bits per heavy atom. The smallest absolute Gasteiger partial charge is 0.303 e. The van der Waals surface area contributed by atoms with Crippen LogP contribution in [0.15, 0.2) is 0 Å². The monoisotopic (exact) mass is 301 g/mol. The number of rotatable bonds is 4. The molecule has 7 nitrogen and oxygen atoms in total. The van der Waals surface area contributed by atoms with E-state index in [1.807, 2.05) is 6.92 Å². The second-order valence-electron chi connectivity index (χ2n) is 5.16. The third kappa shape index (κ3) is 4.70. The van der Waals surface area contributed by atoms with Crippen molar-refractivity contribution >= 4 is 17.8 Å². The van der Waals surface area contributed by atoms with Crippen LogP contribution in [-0.2, 0) is 28.6 Å². The Hall–Kier alpha value is -1.63. The maximum atomic E-state index is 11.4. The molecule has 1 aliphatic rings. The Bertz CT molecular complexity index is 410. The van der Waals surface area contributed by atoms with E-state index in [9.17, 15) is 14.4 Å². The quantitative estimate of drug-likeness (QED) is 0.763. The topological polar surface area (TPSA) is 90.9 Å². The van der Waals surface area contributed by atoms with Crippen LogP contribution in [0, 0.1) is 0 Å². The van der Waals surface area contributed by atoms with Gasteiger partial charge in [0.1, 0.15) is 0 Å². The molecule has 120 valence electrons. The van der Waals surface area contributed by atoms with Crippen molar-refractivity contribution in [2.24, 2.45) is 0 Å². The molecule has 0 aliphatic carbocycles. The van der Waals surface area contributed by atoms with Crippen molar-refractivity contribution in [3.05, 3.63) is 0 Å². The third-order valence-electron chi connectivity index (χ3n) is 3.32. The summed E-state index contributed by atoms with van der Waals surface area (Å²) in [6.45, 7) is 7.59. The molecule has 1 amide bonds. The Labute approximate surface area is 124 Å². The van der Waals surface area contributed by atoms with Gasteiger partial charge in [0.15, 0.2) is 12.2 Å². The number of hydrogen-bond acceptors (Lipinski definition) is 6. The van der Waals surface area contributed by atoms with Crippen molar-refractivity contribution in [1.82, 2.24) is 5.32 Å². The number of hydrogen-bond donors (Lipinski definition) is 1. The van der Waals surface area contributed by atoms with Crippen LogP contribution < -0.4 is 5.32 Å². The minimum absolute atomic E-state index is 0.274. The Morgan fingerprint density at radius 2 is 1.57 bits per heavy atom. The highest BCUT2D eigenvalue weighted by Crippen LogP contribution is 2.28. The highest BCUT2D eigenvalue weighted by Gasteiger charge is 2.47. The Morgan fingerprint density at radius 1 is 1.05 bits per heavy atom. The fourth-order valence-electron chi connectivity index (χ4n) is 2.55. The predicted molar refractivity (Wildman–Crippen MR) is 73.3 cm³/mol. The van der Waals surface area contributed by atoms with Gasteiger partial charge in [-0.2, -0.15) is 0 Å². The van der Waals surface area contributed by atoms with E-state index in [0.717, 1.165) is 0 Å². The van der Waals surface area contributed by atoms with Crippen molar-refractivity contribution < 1.29 is 28.6 Å². The minimum atomic E-state index is -0.774. The van der Waals surface area contributed by atoms with Gasteiger partial charge in [0.2, 0.25) is 5.91 Å². The van der Waals surface area contributed by atoms with Crippen LogP contribution in [0.2, 0.25) is 0 Å². The maximum Gasteiger partial charge on any atom is 0.303 e. The minimum Gasteiger partial charge on any atom is -0.456 e. The van der Waals surface area contributed by atoms with Crippen LogP contribution in [0.1, 0.15) is 41.0 Å². The van der Waals surface area contributed by atoms with Gasteiger partial charge in [-0.15, -0.1) is 0 Å². The molecule has 5 atom stereocenters. The zero-order valence-electron chi connectivity index (χ0n) is 13.0. The summed E-state index contributed by atoms with van der Waals surface area (Å²) in [5, 5.41) is 2.70. The molecule has 0 aromatic carbocycles. The molecule has 0 aromatic heterocycles. The summed E-state index contributed by atoms with van der Waals surface area (Å²) in [7, 11) is 0. The maximum absolute atomic E-state index is 11.4. The molecule has 1 aliphatic heterocycles. The molecular weight excluding hydrogens is 278 g/mol. The molecule has 0 radical (unpaired) electrons. The lowest BCUT2D eigenvalue weighted by Gasteiger charge is -2.44. The standard InChI is InChI=1S/C14H23NO6/c1-6-11-13(20-9(4)17)14(21-10(5)18)12(7(2)19-11)15-8(3)16/h7,11-14H,6H2,1-5H3,(H,15,16)/t7?,11?,12-,13-,14?/m0/s1. The van der Waals surface area contributed by atoms with Gasteiger partial charge in [-0.25, -0.2) is 0 Å². The molecule has 1 fully saturated rings. The summed E-state index contributed by atoms with van der Waals surface area (Å²) in [4.78, 5) is 34.0. The molecule has 1 N–H and O–H groups in total. The SMILES string of the molecule is CCC1OC(C)[C@H](NC(C)=O)C(OC(C)=O)[C@H]1OC(C)=O. The third-order valence-corrected chi connectivity index (χ3v) is 3.32. The second kappa shape index (κ2) is 7.40. The van der Waals surface area contributed by atoms with Gasteiger partial charge in [-0.05, 0) is 13.3 Å². The largest absolute Gasteiger partial charge is 0.456 e. The van der Waals surface area contributed by atoms with E-state index in [0.29, 0.717) is 6.42 Å². The molecule has 3 unspecified atom stereocenters. The van der Waals surface area contributed by atoms with Gasteiger partial charge in [-0.1, -0.05) is 6.92 Å². The van der Waals surface area contributed by atoms with E-state index in [2.05, 4.69) is 5.32 Å². The summed E-state index contributed by atoms with van der Waals surface area (Å²) in [6, 6.07) is -0.571. The summed E-state index contributed by atoms with van der Waals surface area (Å²) in [6.07, 6.45) is -1.69. The van der Waals surface area contributed by atoms with E-state index in [1.165, 1.54) is 20.8 Å². The van der Waals surface area contributed by atoms with Crippen LogP contribution in [0.4, 0.5) is 0 Å². The van der Waals surface area contributed by atoms with Crippen LogP contribution in [0.3, 0.4) is 0 Å². The molecule has 1 heterocycles. The normalized spacial score (nSPS) is 32.1. The van der Waals surface area contributed by atoms with Crippen molar-refractivity contribution in [2.45, 2.75) is 71.5 Å². The summed E-state index contributed by atoms with van der Waals surface area (Å²) in [5.74, 6) is -1.27. The molecule has 1 rings (SSSR count). The highest BCUT2D eigenvalue weighted by atomic mass is 16.6. The first-order valence-electron chi connectivity index (χ1n) is 7.03. The number of nitrogens with one attached hydrogen (secondary N) is 1. The lowest BCUT2D eigenvalue weighted by molar-refractivity contribution is -0.213. The molecule has 1 saturated heterocycles. The lowest BCUT2D eigenvalue weighted by atomic mass is 9.91. The van der Waals surface area contributed by atoms with E-state index in [1.54, 1.807) is 6.92 Å². The zero-order valence-corrected chi connectivity index (χ0v) is 13.0. The number of ether oxygens (including phenoxy) is 3. The van der Waals surface area contributed by atoms with Crippen molar-refractivity contribution in [1.29, 1.82) is 0 Å². The average molecular weight is 301 g/mol. The second-order valence-corrected chi connectivity index (χ2v) is 5.16. The van der Waals surface area contributed by atoms with Gasteiger partial charge in [0.25, 0.3) is 0 Å². The van der Waals surface area contributed by atoms with Crippen molar-refractivity contribution in [2.75, 3.05) is 0 Å². The summed E-state index contributed by atoms with van der Waals surface area (Å²) in [5.41, 5.74) is 0. The first kappa shape index (κ1) is 17.4. The summed E-state index contributed by atoms with van der Waals surface area (Å²) >= 11 is 0. The zero-order chi connectivity index (χ0) is 16.2. The van der Waals surface area contributed by atoms with Gasteiger partial charge < -0.3 is 19.5 Å². The fraction of sp³-hybridized carbons (Fsp3) is 0.786. The number of carbonyl (C=O) groups excluding carboxylic acids is 3. The van der Waals surface area contributed by atoms with E-state index < -0.39 is 36.3 Å². The molecule has 7 heteroatoms. The number of carbonyl (C=O) groups is 3. The Kier molecular flexibility index (Phi) is 6.14. The molecule has 0 aromatic rings. The van der Waals surface area contributed by atoms with Gasteiger partial charge in [-0.3, -0.25) is 14.4 Å². The highest BCUT2D eigenvalue weighted by molar-refractivity contribution is 5.73. The predicted octanol–water partition coefficient (Wildman–Crippen LogP) is 0.552. The first-order chi connectivity index (χ1) is 9.76. The lowest BCUT2D eigenvalue weighted by Crippen LogP contribution is -2.64. The van der Waals surface area contributed by atoms with E-state index >= 15 is 0 Å². The van der Waals surface area contributed by atoms with Crippen LogP contribution in [-0.4, -0.2) is 48.3 Å². The Balaban J connectivity index is 3.08. The number of esters is 2. The van der Waals surface area contributed by atoms with Crippen molar-refractivity contribution in [3.63, 3.8) is 0 Å². The van der Waals surface area contributed by atoms with Gasteiger partial charge in [0.05, 0.1) is 18.2 Å². The van der Waals surface area contributed by atoms with E-state index in [4.69, 9.17) is 14.2 Å². The fourth-order valence-corrected chi connectivity index (χ4v) is 2.55. The van der Waals surface area contributed by atoms with Crippen LogP contribution in [0.25, 0.3) is 0 Å². The van der Waals surface area contributed by atoms with Gasteiger partial charge in [0, 0.05) is 20.8 Å². The van der Waals surface area contributed by atoms with Crippen LogP contribution in [0.5, 0.6) is 0 Å². The van der Waals surface area contributed by atoms with Crippen molar-refractivity contribution in [3.8, 4) is 0 Å². The molecule has 21 heavy (non-hydrogen) atoms. The number of amides is 1. The summed E-state index contributed by atoms with van der Waals surface area (Å²) < 4.78 is 16.4. The van der Waals surface area contributed by atoms with Gasteiger partial charge >= 0.3 is 11.9 Å².